The number of hydrogen-bond donors (Lipinski definition) is 4. The maximum atomic E-state index is 11.8. The summed E-state index contributed by atoms with van der Waals surface area (Å²) >= 11 is 0. The van der Waals surface area contributed by atoms with Crippen molar-refractivity contribution in [3.05, 3.63) is 0 Å². The first kappa shape index (κ1) is 18.4. The Labute approximate surface area is 120 Å². The number of nitrogens with two attached hydrogens (primary N) is 1. The normalized spacial score (nSPS) is 15.2. The molecular formula is C13H26N4O3. The highest BCUT2D eigenvalue weighted by molar-refractivity contribution is 5.92. The van der Waals surface area contributed by atoms with Gasteiger partial charge in [0.05, 0.1) is 6.04 Å². The van der Waals surface area contributed by atoms with Crippen LogP contribution in [-0.2, 0) is 14.4 Å². The molecule has 0 unspecified atom stereocenters. The summed E-state index contributed by atoms with van der Waals surface area (Å²) in [4.78, 5) is 34.9. The van der Waals surface area contributed by atoms with Gasteiger partial charge in [-0.1, -0.05) is 13.8 Å². The lowest BCUT2D eigenvalue weighted by Gasteiger charge is -2.19. The summed E-state index contributed by atoms with van der Waals surface area (Å²) in [6.45, 7) is 9.17. The molecule has 3 amide bonds. The minimum absolute atomic E-state index is 0.252. The maximum absolute atomic E-state index is 11.8. The fourth-order valence-electron chi connectivity index (χ4n) is 1.27. The Morgan fingerprint density at radius 3 is 1.75 bits per heavy atom. The predicted molar refractivity (Wildman–Crippen MR) is 76.7 cm³/mol. The van der Waals surface area contributed by atoms with Crippen LogP contribution in [0, 0.1) is 5.92 Å². The summed E-state index contributed by atoms with van der Waals surface area (Å²) in [7, 11) is 0. The van der Waals surface area contributed by atoms with E-state index in [1.54, 1.807) is 6.92 Å². The lowest BCUT2D eigenvalue weighted by atomic mass is 10.2. The van der Waals surface area contributed by atoms with Gasteiger partial charge in [-0.2, -0.15) is 0 Å². The Kier molecular flexibility index (Phi) is 7.83. The van der Waals surface area contributed by atoms with E-state index in [2.05, 4.69) is 16.0 Å². The van der Waals surface area contributed by atoms with Gasteiger partial charge in [-0.3, -0.25) is 14.4 Å². The molecule has 0 aliphatic rings. The predicted octanol–water partition coefficient (Wildman–Crippen LogP) is -0.885. The molecular weight excluding hydrogens is 260 g/mol. The Hall–Kier alpha value is -1.63. The summed E-state index contributed by atoms with van der Waals surface area (Å²) in [5, 5.41) is 7.73. The van der Waals surface area contributed by atoms with E-state index in [-0.39, 0.29) is 5.91 Å². The Balaban J connectivity index is 4.24. The van der Waals surface area contributed by atoms with Crippen LogP contribution in [0.1, 0.15) is 34.6 Å². The number of nitrogens with one attached hydrogen (secondary N) is 3. The monoisotopic (exact) mass is 286 g/mol. The number of carbonyl (C=O) groups is 3. The molecule has 0 aliphatic heterocycles. The van der Waals surface area contributed by atoms with Gasteiger partial charge in [0.25, 0.3) is 0 Å². The van der Waals surface area contributed by atoms with Crippen LogP contribution in [0.5, 0.6) is 0 Å². The van der Waals surface area contributed by atoms with Crippen LogP contribution in [0.15, 0.2) is 0 Å². The summed E-state index contributed by atoms with van der Waals surface area (Å²) in [6, 6.07) is -2.08. The van der Waals surface area contributed by atoms with E-state index in [9.17, 15) is 14.4 Å². The van der Waals surface area contributed by atoms with Crippen molar-refractivity contribution in [2.75, 3.05) is 6.54 Å². The maximum Gasteiger partial charge on any atom is 0.242 e. The Morgan fingerprint density at radius 2 is 1.30 bits per heavy atom. The molecule has 0 aromatic heterocycles. The fourth-order valence-corrected chi connectivity index (χ4v) is 1.27. The van der Waals surface area contributed by atoms with E-state index < -0.39 is 29.9 Å². The molecule has 7 nitrogen and oxygen atoms in total. The van der Waals surface area contributed by atoms with Crippen molar-refractivity contribution < 1.29 is 14.4 Å². The SMILES string of the molecule is CC(C)CNC(=O)[C@H](C)NC(=O)[C@H](C)NC(=O)[C@H](C)N. The van der Waals surface area contributed by atoms with Gasteiger partial charge in [0.1, 0.15) is 12.1 Å². The number of carbonyl (C=O) groups excluding carboxylic acids is 3. The van der Waals surface area contributed by atoms with Gasteiger partial charge in [-0.25, -0.2) is 0 Å². The smallest absolute Gasteiger partial charge is 0.242 e. The van der Waals surface area contributed by atoms with Gasteiger partial charge in [-0.15, -0.1) is 0 Å². The van der Waals surface area contributed by atoms with Crippen molar-refractivity contribution in [3.8, 4) is 0 Å². The van der Waals surface area contributed by atoms with Gasteiger partial charge in [0, 0.05) is 6.54 Å². The topological polar surface area (TPSA) is 113 Å². The molecule has 7 heteroatoms. The van der Waals surface area contributed by atoms with Crippen molar-refractivity contribution >= 4 is 17.7 Å². The average Bonchev–Trinajstić information content (AvgIpc) is 2.35. The molecule has 5 N–H and O–H groups in total. The Morgan fingerprint density at radius 1 is 0.850 bits per heavy atom. The van der Waals surface area contributed by atoms with Crippen LogP contribution in [0.3, 0.4) is 0 Å². The van der Waals surface area contributed by atoms with Crippen LogP contribution >= 0.6 is 0 Å². The third-order valence-electron chi connectivity index (χ3n) is 2.60. The van der Waals surface area contributed by atoms with E-state index in [1.807, 2.05) is 13.8 Å². The molecule has 20 heavy (non-hydrogen) atoms. The number of rotatable bonds is 7. The van der Waals surface area contributed by atoms with Crippen molar-refractivity contribution in [1.82, 2.24) is 16.0 Å². The second-order valence-corrected chi connectivity index (χ2v) is 5.39. The molecule has 0 heterocycles. The third kappa shape index (κ3) is 7.08. The standard InChI is InChI=1S/C13H26N4O3/c1-7(2)6-15-12(19)9(4)17-13(20)10(5)16-11(18)8(3)14/h7-10H,6,14H2,1-5H3,(H,15,19)(H,16,18)(H,17,20)/t8-,9-,10-/m0/s1. The van der Waals surface area contributed by atoms with Crippen LogP contribution < -0.4 is 21.7 Å². The first-order chi connectivity index (χ1) is 9.15. The molecule has 0 rings (SSSR count). The molecule has 3 atom stereocenters. The van der Waals surface area contributed by atoms with Crippen LogP contribution in [0.4, 0.5) is 0 Å². The van der Waals surface area contributed by atoms with Gasteiger partial charge < -0.3 is 21.7 Å². The van der Waals surface area contributed by atoms with Gasteiger partial charge >= 0.3 is 0 Å². The molecule has 0 radical (unpaired) electrons. The lowest BCUT2D eigenvalue weighted by molar-refractivity contribution is -0.131. The first-order valence-electron chi connectivity index (χ1n) is 6.79. The highest BCUT2D eigenvalue weighted by atomic mass is 16.2. The zero-order valence-electron chi connectivity index (χ0n) is 12.8. The molecule has 0 bridgehead atoms. The first-order valence-corrected chi connectivity index (χ1v) is 6.79. The van der Waals surface area contributed by atoms with Gasteiger partial charge in [-0.05, 0) is 26.7 Å². The highest BCUT2D eigenvalue weighted by Gasteiger charge is 2.21. The quantitative estimate of drug-likeness (QED) is 0.486. The fraction of sp³-hybridized carbons (Fsp3) is 0.769. The Bertz CT molecular complexity index is 356. The minimum Gasteiger partial charge on any atom is -0.354 e. The average molecular weight is 286 g/mol. The zero-order valence-corrected chi connectivity index (χ0v) is 12.8. The molecule has 0 aromatic carbocycles. The summed E-state index contributed by atoms with van der Waals surface area (Å²) in [5.41, 5.74) is 5.39. The molecule has 0 spiro atoms. The van der Waals surface area contributed by atoms with E-state index in [1.165, 1.54) is 13.8 Å². The summed E-state index contributed by atoms with van der Waals surface area (Å²) in [6.07, 6.45) is 0. The van der Waals surface area contributed by atoms with Crippen molar-refractivity contribution in [2.24, 2.45) is 11.7 Å². The largest absolute Gasteiger partial charge is 0.354 e. The zero-order chi connectivity index (χ0) is 15.9. The van der Waals surface area contributed by atoms with Crippen LogP contribution in [0.2, 0.25) is 0 Å². The lowest BCUT2D eigenvalue weighted by Crippen LogP contribution is -2.53. The minimum atomic E-state index is -0.742. The number of hydrogen-bond acceptors (Lipinski definition) is 4. The van der Waals surface area contributed by atoms with Gasteiger partial charge in [0.15, 0.2) is 0 Å². The van der Waals surface area contributed by atoms with Crippen molar-refractivity contribution in [3.63, 3.8) is 0 Å². The number of amides is 3. The van der Waals surface area contributed by atoms with E-state index >= 15 is 0 Å². The van der Waals surface area contributed by atoms with E-state index in [4.69, 9.17) is 5.73 Å². The highest BCUT2D eigenvalue weighted by Crippen LogP contribution is 1.91. The molecule has 0 saturated heterocycles. The third-order valence-corrected chi connectivity index (χ3v) is 2.60. The molecule has 0 aliphatic carbocycles. The summed E-state index contributed by atoms with van der Waals surface area (Å²) in [5.74, 6) is -0.750. The molecule has 116 valence electrons. The molecule has 0 aromatic rings. The van der Waals surface area contributed by atoms with Crippen LogP contribution in [-0.4, -0.2) is 42.4 Å². The molecule has 0 fully saturated rings. The van der Waals surface area contributed by atoms with E-state index in [0.717, 1.165) is 0 Å². The summed E-state index contributed by atoms with van der Waals surface area (Å²) < 4.78 is 0. The van der Waals surface area contributed by atoms with Crippen molar-refractivity contribution in [1.29, 1.82) is 0 Å². The second kappa shape index (κ2) is 8.52. The van der Waals surface area contributed by atoms with Gasteiger partial charge in [0.2, 0.25) is 17.7 Å². The second-order valence-electron chi connectivity index (χ2n) is 5.39. The van der Waals surface area contributed by atoms with Crippen LogP contribution in [0.25, 0.3) is 0 Å². The molecule has 0 saturated carbocycles. The van der Waals surface area contributed by atoms with E-state index in [0.29, 0.717) is 12.5 Å². The van der Waals surface area contributed by atoms with Crippen molar-refractivity contribution in [2.45, 2.75) is 52.7 Å².